The van der Waals surface area contributed by atoms with Crippen LogP contribution in [0.15, 0.2) is 24.3 Å². The van der Waals surface area contributed by atoms with Crippen molar-refractivity contribution in [1.82, 2.24) is 0 Å². The molecule has 0 aromatic heterocycles. The monoisotopic (exact) mass is 179 g/mol. The van der Waals surface area contributed by atoms with Gasteiger partial charge in [0.15, 0.2) is 0 Å². The maximum atomic E-state index is 10.3. The van der Waals surface area contributed by atoms with Crippen LogP contribution in [0, 0.1) is 10.1 Å². The van der Waals surface area contributed by atoms with Crippen LogP contribution >= 0.6 is 0 Å². The van der Waals surface area contributed by atoms with E-state index in [1.807, 2.05) is 7.85 Å². The Morgan fingerprint density at radius 1 is 1.38 bits per heavy atom. The Labute approximate surface area is 77.1 Å². The molecule has 0 saturated carbocycles. The molecule has 5 heteroatoms. The highest BCUT2D eigenvalue weighted by Gasteiger charge is 2.03. The summed E-state index contributed by atoms with van der Waals surface area (Å²) in [5, 5.41) is 10.3. The van der Waals surface area contributed by atoms with Gasteiger partial charge in [0, 0.05) is 12.1 Å². The molecular formula is C8H10BNO3. The van der Waals surface area contributed by atoms with Gasteiger partial charge in [-0.2, -0.15) is 0 Å². The fraction of sp³-hybridized carbons (Fsp3) is 0.250. The van der Waals surface area contributed by atoms with Crippen molar-refractivity contribution in [2.45, 2.75) is 6.32 Å². The SMILES string of the molecule is BCCOc1ccc([N+](=O)[O-])cc1. The van der Waals surface area contributed by atoms with Crippen LogP contribution in [0.2, 0.25) is 6.32 Å². The van der Waals surface area contributed by atoms with E-state index in [1.54, 1.807) is 12.1 Å². The molecule has 0 aliphatic heterocycles. The summed E-state index contributed by atoms with van der Waals surface area (Å²) < 4.78 is 5.27. The van der Waals surface area contributed by atoms with Crippen LogP contribution in [0.3, 0.4) is 0 Å². The van der Waals surface area contributed by atoms with E-state index < -0.39 is 4.92 Å². The quantitative estimate of drug-likeness (QED) is 0.394. The van der Waals surface area contributed by atoms with Gasteiger partial charge in [0.2, 0.25) is 0 Å². The lowest BCUT2D eigenvalue weighted by atomic mass is 10.1. The first-order valence-electron chi connectivity index (χ1n) is 4.11. The highest BCUT2D eigenvalue weighted by atomic mass is 16.6. The zero-order valence-corrected chi connectivity index (χ0v) is 7.40. The third-order valence-electron chi connectivity index (χ3n) is 1.52. The van der Waals surface area contributed by atoms with Gasteiger partial charge in [0.05, 0.1) is 11.5 Å². The fourth-order valence-electron chi connectivity index (χ4n) is 0.884. The molecule has 1 aromatic rings. The third kappa shape index (κ3) is 2.78. The average Bonchev–Trinajstić information content (AvgIpc) is 2.15. The van der Waals surface area contributed by atoms with E-state index >= 15 is 0 Å². The van der Waals surface area contributed by atoms with E-state index in [0.29, 0.717) is 12.4 Å². The van der Waals surface area contributed by atoms with Crippen molar-refractivity contribution in [3.63, 3.8) is 0 Å². The predicted octanol–water partition coefficient (Wildman–Crippen LogP) is 1.02. The number of rotatable bonds is 4. The molecule has 0 fully saturated rings. The van der Waals surface area contributed by atoms with Gasteiger partial charge in [0.1, 0.15) is 13.6 Å². The summed E-state index contributed by atoms with van der Waals surface area (Å²) in [6.45, 7) is 0.637. The predicted molar refractivity (Wildman–Crippen MR) is 51.9 cm³/mol. The van der Waals surface area contributed by atoms with Crippen LogP contribution in [0.5, 0.6) is 5.75 Å². The van der Waals surface area contributed by atoms with E-state index in [1.165, 1.54) is 12.1 Å². The zero-order chi connectivity index (χ0) is 9.68. The number of benzene rings is 1. The summed E-state index contributed by atoms with van der Waals surface area (Å²) in [4.78, 5) is 9.86. The van der Waals surface area contributed by atoms with E-state index in [2.05, 4.69) is 0 Å². The molecule has 13 heavy (non-hydrogen) atoms. The molecule has 0 heterocycles. The van der Waals surface area contributed by atoms with E-state index in [0.717, 1.165) is 6.32 Å². The Bertz CT molecular complexity index is 286. The smallest absolute Gasteiger partial charge is 0.269 e. The minimum Gasteiger partial charge on any atom is -0.494 e. The summed E-state index contributed by atoms with van der Waals surface area (Å²) in [5.41, 5.74) is 0.0869. The number of nitro groups is 1. The highest BCUT2D eigenvalue weighted by molar-refractivity contribution is 6.08. The Hall–Kier alpha value is -1.52. The number of nitro benzene ring substituents is 1. The van der Waals surface area contributed by atoms with E-state index in [4.69, 9.17) is 4.74 Å². The van der Waals surface area contributed by atoms with Gasteiger partial charge in [-0.3, -0.25) is 10.1 Å². The summed E-state index contributed by atoms with van der Waals surface area (Å²) in [5.74, 6) is 0.674. The van der Waals surface area contributed by atoms with Gasteiger partial charge in [-0.1, -0.05) is 0 Å². The molecule has 0 radical (unpaired) electrons. The molecule has 68 valence electrons. The lowest BCUT2D eigenvalue weighted by molar-refractivity contribution is -0.384. The third-order valence-corrected chi connectivity index (χ3v) is 1.52. The molecular weight excluding hydrogens is 169 g/mol. The molecule has 0 aliphatic rings. The minimum atomic E-state index is -0.427. The fourth-order valence-corrected chi connectivity index (χ4v) is 0.884. The van der Waals surface area contributed by atoms with E-state index in [9.17, 15) is 10.1 Å². The number of non-ortho nitro benzene ring substituents is 1. The molecule has 0 atom stereocenters. The Morgan fingerprint density at radius 2 is 2.00 bits per heavy atom. The molecule has 1 aromatic carbocycles. The summed E-state index contributed by atoms with van der Waals surface area (Å²) in [6, 6.07) is 6.08. The van der Waals surface area contributed by atoms with Gasteiger partial charge >= 0.3 is 0 Å². The van der Waals surface area contributed by atoms with Gasteiger partial charge in [0.25, 0.3) is 5.69 Å². The standard InChI is InChI=1S/C8H10BNO3/c9-5-6-13-8-3-1-7(2-4-8)10(11)12/h1-4H,5-6,9H2. The number of hydrogen-bond acceptors (Lipinski definition) is 3. The number of ether oxygens (including phenoxy) is 1. The Kier molecular flexibility index (Phi) is 3.31. The Morgan fingerprint density at radius 3 is 2.46 bits per heavy atom. The first-order valence-corrected chi connectivity index (χ1v) is 4.11. The van der Waals surface area contributed by atoms with Crippen LogP contribution in [-0.4, -0.2) is 19.4 Å². The topological polar surface area (TPSA) is 52.4 Å². The van der Waals surface area contributed by atoms with Gasteiger partial charge < -0.3 is 4.74 Å². The summed E-state index contributed by atoms with van der Waals surface area (Å²) >= 11 is 0. The van der Waals surface area contributed by atoms with Crippen molar-refractivity contribution in [2.24, 2.45) is 0 Å². The van der Waals surface area contributed by atoms with Crippen molar-refractivity contribution in [2.75, 3.05) is 6.61 Å². The van der Waals surface area contributed by atoms with Crippen molar-refractivity contribution in [1.29, 1.82) is 0 Å². The summed E-state index contributed by atoms with van der Waals surface area (Å²) in [6.07, 6.45) is 0.928. The normalized spacial score (nSPS) is 9.54. The average molecular weight is 179 g/mol. The van der Waals surface area contributed by atoms with Crippen LogP contribution < -0.4 is 4.74 Å². The lowest BCUT2D eigenvalue weighted by Gasteiger charge is -2.02. The molecule has 0 spiro atoms. The first kappa shape index (κ1) is 9.57. The highest BCUT2D eigenvalue weighted by Crippen LogP contribution is 2.17. The van der Waals surface area contributed by atoms with Crippen LogP contribution in [0.25, 0.3) is 0 Å². The van der Waals surface area contributed by atoms with E-state index in [-0.39, 0.29) is 5.69 Å². The Balaban J connectivity index is 2.64. The van der Waals surface area contributed by atoms with Crippen LogP contribution in [0.4, 0.5) is 5.69 Å². The molecule has 4 nitrogen and oxygen atoms in total. The molecule has 0 bridgehead atoms. The number of nitrogens with zero attached hydrogens (tertiary/aromatic N) is 1. The van der Waals surface area contributed by atoms with Crippen molar-refractivity contribution in [3.05, 3.63) is 34.4 Å². The maximum absolute atomic E-state index is 10.3. The molecule has 0 aliphatic carbocycles. The van der Waals surface area contributed by atoms with Gasteiger partial charge in [-0.05, 0) is 18.5 Å². The van der Waals surface area contributed by atoms with Gasteiger partial charge in [-0.25, -0.2) is 0 Å². The van der Waals surface area contributed by atoms with Crippen molar-refractivity contribution in [3.8, 4) is 5.75 Å². The van der Waals surface area contributed by atoms with Crippen molar-refractivity contribution < 1.29 is 9.66 Å². The molecule has 0 amide bonds. The zero-order valence-electron chi connectivity index (χ0n) is 7.40. The first-order chi connectivity index (χ1) is 6.24. The van der Waals surface area contributed by atoms with Gasteiger partial charge in [-0.15, -0.1) is 0 Å². The molecule has 1 rings (SSSR count). The van der Waals surface area contributed by atoms with Crippen LogP contribution in [-0.2, 0) is 0 Å². The summed E-state index contributed by atoms with van der Waals surface area (Å²) in [7, 11) is 2.01. The maximum Gasteiger partial charge on any atom is 0.269 e. The second-order valence-corrected chi connectivity index (χ2v) is 2.60. The lowest BCUT2D eigenvalue weighted by Crippen LogP contribution is -1.95. The van der Waals surface area contributed by atoms with Crippen molar-refractivity contribution >= 4 is 13.5 Å². The van der Waals surface area contributed by atoms with Crippen LogP contribution in [0.1, 0.15) is 0 Å². The molecule has 0 saturated heterocycles. The minimum absolute atomic E-state index is 0.0869. The second kappa shape index (κ2) is 4.50. The molecule has 0 unspecified atom stereocenters. The molecule has 0 N–H and O–H groups in total. The second-order valence-electron chi connectivity index (χ2n) is 2.60. The number of hydrogen-bond donors (Lipinski definition) is 0. The largest absolute Gasteiger partial charge is 0.494 e.